The van der Waals surface area contributed by atoms with E-state index in [4.69, 9.17) is 24.3 Å². The Labute approximate surface area is 294 Å². The number of phosphoric ester groups is 1. The number of esters is 2. The second-order valence-corrected chi connectivity index (χ2v) is 14.6. The van der Waals surface area contributed by atoms with Gasteiger partial charge in [0.1, 0.15) is 6.61 Å². The van der Waals surface area contributed by atoms with E-state index in [1.165, 1.54) is 103 Å². The summed E-state index contributed by atoms with van der Waals surface area (Å²) >= 11 is 0. The van der Waals surface area contributed by atoms with Gasteiger partial charge >= 0.3 is 19.8 Å². The van der Waals surface area contributed by atoms with Gasteiger partial charge in [0, 0.05) is 19.4 Å². The fraction of sp³-hybridized carbons (Fsp3) is 0.895. The summed E-state index contributed by atoms with van der Waals surface area (Å²) < 4.78 is 32.6. The highest BCUT2D eigenvalue weighted by Gasteiger charge is 2.25. The van der Waals surface area contributed by atoms with Gasteiger partial charge in [0.05, 0.1) is 13.2 Å². The van der Waals surface area contributed by atoms with Gasteiger partial charge in [-0.2, -0.15) is 0 Å². The predicted molar refractivity (Wildman–Crippen MR) is 197 cm³/mol. The number of hydrogen-bond donors (Lipinski definition) is 2. The van der Waals surface area contributed by atoms with Crippen molar-refractivity contribution in [3.05, 3.63) is 12.2 Å². The Bertz CT molecular complexity index is 810. The van der Waals surface area contributed by atoms with E-state index in [0.29, 0.717) is 6.42 Å². The first-order valence-electron chi connectivity index (χ1n) is 19.7. The van der Waals surface area contributed by atoms with Gasteiger partial charge < -0.3 is 20.1 Å². The van der Waals surface area contributed by atoms with Crippen molar-refractivity contribution in [1.29, 1.82) is 0 Å². The van der Waals surface area contributed by atoms with Gasteiger partial charge in [-0.1, -0.05) is 148 Å². The average molecular weight is 704 g/mol. The summed E-state index contributed by atoms with van der Waals surface area (Å²) in [5, 5.41) is 0. The molecule has 0 aromatic carbocycles. The lowest BCUT2D eigenvalue weighted by Crippen LogP contribution is -2.29. The van der Waals surface area contributed by atoms with Crippen LogP contribution in [-0.4, -0.2) is 49.3 Å². The quantitative estimate of drug-likeness (QED) is 0.0280. The third-order valence-electron chi connectivity index (χ3n) is 8.40. The fourth-order valence-corrected chi connectivity index (χ4v) is 6.22. The molecule has 48 heavy (non-hydrogen) atoms. The van der Waals surface area contributed by atoms with Gasteiger partial charge in [-0.15, -0.1) is 0 Å². The number of rotatable bonds is 37. The fourth-order valence-electron chi connectivity index (χ4n) is 5.45. The lowest BCUT2D eigenvalue weighted by molar-refractivity contribution is -0.161. The first kappa shape index (κ1) is 46.8. The van der Waals surface area contributed by atoms with Crippen molar-refractivity contribution in [2.24, 2.45) is 5.73 Å². The molecule has 0 heterocycles. The zero-order chi connectivity index (χ0) is 35.4. The zero-order valence-corrected chi connectivity index (χ0v) is 31.9. The zero-order valence-electron chi connectivity index (χ0n) is 31.0. The molecule has 0 saturated carbocycles. The Morgan fingerprint density at radius 1 is 0.604 bits per heavy atom. The second-order valence-electron chi connectivity index (χ2n) is 13.2. The van der Waals surface area contributed by atoms with E-state index in [2.05, 4.69) is 26.0 Å². The smallest absolute Gasteiger partial charge is 0.462 e. The van der Waals surface area contributed by atoms with Crippen molar-refractivity contribution in [2.45, 2.75) is 193 Å². The highest BCUT2D eigenvalue weighted by Crippen LogP contribution is 2.43. The molecule has 1 unspecified atom stereocenters. The summed E-state index contributed by atoms with van der Waals surface area (Å²) in [6, 6.07) is 0. The number of carbonyl (C=O) groups excluding carboxylic acids is 2. The van der Waals surface area contributed by atoms with E-state index in [1.807, 2.05) is 0 Å². The van der Waals surface area contributed by atoms with Crippen LogP contribution in [0.4, 0.5) is 0 Å². The summed E-state index contributed by atoms with van der Waals surface area (Å²) in [6.45, 7) is 3.70. The predicted octanol–water partition coefficient (Wildman–Crippen LogP) is 10.7. The van der Waals surface area contributed by atoms with E-state index >= 15 is 0 Å². The minimum Gasteiger partial charge on any atom is -0.462 e. The molecule has 0 rings (SSSR count). The molecule has 0 saturated heterocycles. The van der Waals surface area contributed by atoms with E-state index in [1.54, 1.807) is 0 Å². The van der Waals surface area contributed by atoms with Crippen molar-refractivity contribution < 1.29 is 37.6 Å². The highest BCUT2D eigenvalue weighted by molar-refractivity contribution is 7.47. The molecule has 0 aliphatic rings. The largest absolute Gasteiger partial charge is 0.472 e. The van der Waals surface area contributed by atoms with Crippen molar-refractivity contribution in [3.63, 3.8) is 0 Å². The molecule has 0 aromatic rings. The molecule has 0 fully saturated rings. The maximum Gasteiger partial charge on any atom is 0.472 e. The number of phosphoric acid groups is 1. The number of allylic oxidation sites excluding steroid dienone is 2. The Balaban J connectivity index is 4.19. The molecule has 3 N–H and O–H groups in total. The molecule has 284 valence electrons. The van der Waals surface area contributed by atoms with E-state index in [-0.39, 0.29) is 38.6 Å². The van der Waals surface area contributed by atoms with Crippen molar-refractivity contribution in [1.82, 2.24) is 0 Å². The van der Waals surface area contributed by atoms with Crippen molar-refractivity contribution in [3.8, 4) is 0 Å². The first-order chi connectivity index (χ1) is 23.3. The summed E-state index contributed by atoms with van der Waals surface area (Å²) in [5.74, 6) is -0.833. The summed E-state index contributed by atoms with van der Waals surface area (Å²) in [5.41, 5.74) is 5.33. The van der Waals surface area contributed by atoms with Gasteiger partial charge in [0.2, 0.25) is 0 Å². The maximum atomic E-state index is 12.5. The van der Waals surface area contributed by atoms with Gasteiger partial charge in [0.15, 0.2) is 6.10 Å². The molecule has 0 radical (unpaired) electrons. The van der Waals surface area contributed by atoms with E-state index in [0.717, 1.165) is 51.4 Å². The van der Waals surface area contributed by atoms with Crippen LogP contribution in [0.5, 0.6) is 0 Å². The molecule has 10 heteroatoms. The topological polar surface area (TPSA) is 134 Å². The third kappa shape index (κ3) is 34.6. The van der Waals surface area contributed by atoms with Crippen LogP contribution in [0.3, 0.4) is 0 Å². The summed E-state index contributed by atoms with van der Waals surface area (Å²) in [7, 11) is -4.37. The average Bonchev–Trinajstić information content (AvgIpc) is 3.07. The molecule has 0 aliphatic heterocycles. The first-order valence-corrected chi connectivity index (χ1v) is 21.2. The van der Waals surface area contributed by atoms with Crippen LogP contribution in [0.2, 0.25) is 0 Å². The van der Waals surface area contributed by atoms with Crippen LogP contribution < -0.4 is 5.73 Å². The molecule has 0 aliphatic carbocycles. The third-order valence-corrected chi connectivity index (χ3v) is 9.39. The molecule has 2 atom stereocenters. The van der Waals surface area contributed by atoms with Crippen LogP contribution >= 0.6 is 7.82 Å². The Kier molecular flexibility index (Phi) is 34.6. The van der Waals surface area contributed by atoms with Crippen LogP contribution in [0.1, 0.15) is 187 Å². The molecule has 9 nitrogen and oxygen atoms in total. The van der Waals surface area contributed by atoms with E-state index in [9.17, 15) is 19.0 Å². The number of nitrogens with two attached hydrogens (primary N) is 1. The molecule has 0 bridgehead atoms. The number of hydrogen-bond acceptors (Lipinski definition) is 8. The molecule has 0 amide bonds. The van der Waals surface area contributed by atoms with E-state index < -0.39 is 26.5 Å². The number of ether oxygens (including phenoxy) is 2. The van der Waals surface area contributed by atoms with Crippen LogP contribution in [0.25, 0.3) is 0 Å². The highest BCUT2D eigenvalue weighted by atomic mass is 31.2. The van der Waals surface area contributed by atoms with Crippen LogP contribution in [-0.2, 0) is 32.7 Å². The second kappa shape index (κ2) is 35.6. The lowest BCUT2D eigenvalue weighted by Gasteiger charge is -2.19. The van der Waals surface area contributed by atoms with Gasteiger partial charge in [0.25, 0.3) is 0 Å². The molecular weight excluding hydrogens is 629 g/mol. The number of unbranched alkanes of at least 4 members (excludes halogenated alkanes) is 22. The van der Waals surface area contributed by atoms with Gasteiger partial charge in [-0.05, 0) is 38.5 Å². The van der Waals surface area contributed by atoms with Crippen LogP contribution in [0.15, 0.2) is 12.2 Å². The molecule has 0 aromatic heterocycles. The normalized spacial score (nSPS) is 13.5. The Morgan fingerprint density at radius 3 is 1.52 bits per heavy atom. The standard InChI is InChI=1S/C38H74NO8P/c1-3-5-7-9-11-13-15-17-18-19-21-23-25-27-29-31-38(41)47-36(35-46-48(42,43)45-33-32-39)34-44-37(40)30-28-26-24-22-20-16-14-12-10-8-6-4-2/h12,14,36H,3-11,13,15-35,39H2,1-2H3,(H,42,43)/b14-12+/t36-/m1/s1. The van der Waals surface area contributed by atoms with Gasteiger partial charge in [-0.25, -0.2) is 4.57 Å². The lowest BCUT2D eigenvalue weighted by atomic mass is 10.0. The van der Waals surface area contributed by atoms with Gasteiger partial charge in [-0.3, -0.25) is 18.6 Å². The van der Waals surface area contributed by atoms with Crippen molar-refractivity contribution >= 4 is 19.8 Å². The Morgan fingerprint density at radius 2 is 1.02 bits per heavy atom. The minimum atomic E-state index is -4.37. The number of carbonyl (C=O) groups is 2. The monoisotopic (exact) mass is 704 g/mol. The molecule has 0 spiro atoms. The van der Waals surface area contributed by atoms with Crippen LogP contribution in [0, 0.1) is 0 Å². The maximum absolute atomic E-state index is 12.5. The molecular formula is C38H74NO8P. The van der Waals surface area contributed by atoms with Crippen molar-refractivity contribution in [2.75, 3.05) is 26.4 Å². The summed E-state index contributed by atoms with van der Waals surface area (Å²) in [4.78, 5) is 34.7. The Hall–Kier alpha value is -1.25. The minimum absolute atomic E-state index is 0.0549. The SMILES string of the molecule is CCCCC/C=C/CCCCCCCC(=O)OC[C@H](COP(=O)(O)OCCN)OC(=O)CCCCCCCCCCCCCCCCC. The summed E-state index contributed by atoms with van der Waals surface area (Å²) in [6.07, 6.45) is 33.8.